The maximum Gasteiger partial charge on any atom is 0.277 e. The summed E-state index contributed by atoms with van der Waals surface area (Å²) in [4.78, 5) is 25.4. The highest BCUT2D eigenvalue weighted by Gasteiger charge is 2.16. The third-order valence-electron chi connectivity index (χ3n) is 2.93. The molecule has 2 amide bonds. The predicted molar refractivity (Wildman–Crippen MR) is 73.6 cm³/mol. The maximum atomic E-state index is 13.1. The Labute approximate surface area is 118 Å². The quantitative estimate of drug-likeness (QED) is 0.706. The van der Waals surface area contributed by atoms with Crippen LogP contribution in [0.1, 0.15) is 5.56 Å². The van der Waals surface area contributed by atoms with Gasteiger partial charge < -0.3 is 15.1 Å². The van der Waals surface area contributed by atoms with E-state index in [0.717, 1.165) is 10.5 Å². The molecular formula is C14H21FN3O2+. The Hall–Kier alpha value is -1.95. The van der Waals surface area contributed by atoms with Crippen LogP contribution in [-0.2, 0) is 16.1 Å². The normalized spacial score (nSPS) is 11.8. The summed E-state index contributed by atoms with van der Waals surface area (Å²) in [6, 6.07) is 6.33. The van der Waals surface area contributed by atoms with E-state index in [1.807, 2.05) is 13.1 Å². The van der Waals surface area contributed by atoms with E-state index in [0.29, 0.717) is 6.54 Å². The number of nitrogens with zero attached hydrogens (tertiary/aromatic N) is 1. The summed E-state index contributed by atoms with van der Waals surface area (Å²) in [7, 11) is 4.98. The van der Waals surface area contributed by atoms with Crippen LogP contribution in [0, 0.1) is 5.82 Å². The van der Waals surface area contributed by atoms with Gasteiger partial charge in [0, 0.05) is 19.7 Å². The molecule has 0 spiro atoms. The van der Waals surface area contributed by atoms with Gasteiger partial charge in [0.05, 0.1) is 13.6 Å². The highest BCUT2D eigenvalue weighted by Crippen LogP contribution is 2.01. The second kappa shape index (κ2) is 7.59. The average Bonchev–Trinajstić information content (AvgIpc) is 2.38. The highest BCUT2D eigenvalue weighted by molar-refractivity contribution is 5.84. The number of benzene rings is 1. The number of likely N-dealkylation sites (N-methyl/N-ethyl adjacent to an activating group) is 3. The molecule has 5 nitrogen and oxygen atoms in total. The molecule has 0 bridgehead atoms. The van der Waals surface area contributed by atoms with Gasteiger partial charge in [-0.25, -0.2) is 4.39 Å². The van der Waals surface area contributed by atoms with Crippen LogP contribution < -0.4 is 10.2 Å². The minimum absolute atomic E-state index is 0.0442. The lowest BCUT2D eigenvalue weighted by molar-refractivity contribution is -0.885. The first-order chi connectivity index (χ1) is 9.42. The zero-order chi connectivity index (χ0) is 15.1. The fourth-order valence-electron chi connectivity index (χ4n) is 1.83. The van der Waals surface area contributed by atoms with Crippen molar-refractivity contribution in [3.8, 4) is 0 Å². The number of quaternary nitrogens is 1. The van der Waals surface area contributed by atoms with Gasteiger partial charge >= 0.3 is 0 Å². The summed E-state index contributed by atoms with van der Waals surface area (Å²) in [5.41, 5.74) is 0.837. The van der Waals surface area contributed by atoms with E-state index in [4.69, 9.17) is 0 Å². The first-order valence-corrected chi connectivity index (χ1v) is 6.42. The third-order valence-corrected chi connectivity index (χ3v) is 2.93. The van der Waals surface area contributed by atoms with Gasteiger partial charge in [-0.2, -0.15) is 0 Å². The topological polar surface area (TPSA) is 53.9 Å². The summed E-state index contributed by atoms with van der Waals surface area (Å²) in [5.74, 6) is -0.607. The monoisotopic (exact) mass is 282 g/mol. The van der Waals surface area contributed by atoms with Gasteiger partial charge in [-0.15, -0.1) is 0 Å². The van der Waals surface area contributed by atoms with Crippen LogP contribution in [0.25, 0.3) is 0 Å². The molecule has 0 saturated carbocycles. The van der Waals surface area contributed by atoms with Crippen LogP contribution in [0.15, 0.2) is 24.3 Å². The number of carbonyl (C=O) groups is 2. The van der Waals surface area contributed by atoms with Crippen LogP contribution in [0.5, 0.6) is 0 Å². The Kier molecular flexibility index (Phi) is 6.11. The molecule has 2 N–H and O–H groups in total. The van der Waals surface area contributed by atoms with Crippen molar-refractivity contribution in [2.75, 3.05) is 34.2 Å². The van der Waals surface area contributed by atoms with Crippen molar-refractivity contribution in [1.29, 1.82) is 0 Å². The molecule has 0 heterocycles. The van der Waals surface area contributed by atoms with Crippen LogP contribution >= 0.6 is 0 Å². The van der Waals surface area contributed by atoms with Gasteiger partial charge in [0.15, 0.2) is 6.54 Å². The molecule has 1 atom stereocenters. The Morgan fingerprint density at radius 1 is 1.40 bits per heavy atom. The van der Waals surface area contributed by atoms with Gasteiger partial charge in [0.1, 0.15) is 12.4 Å². The smallest absolute Gasteiger partial charge is 0.277 e. The number of nitrogens with one attached hydrogen (secondary N) is 2. The van der Waals surface area contributed by atoms with Gasteiger partial charge in [0.25, 0.3) is 5.91 Å². The van der Waals surface area contributed by atoms with Gasteiger partial charge in [0.2, 0.25) is 5.91 Å². The molecule has 0 radical (unpaired) electrons. The molecule has 6 heteroatoms. The summed E-state index contributed by atoms with van der Waals surface area (Å²) < 4.78 is 13.1. The molecule has 0 aliphatic heterocycles. The minimum Gasteiger partial charge on any atom is -0.358 e. The number of carbonyl (C=O) groups excluding carboxylic acids is 2. The molecule has 110 valence electrons. The van der Waals surface area contributed by atoms with E-state index in [9.17, 15) is 14.0 Å². The highest BCUT2D eigenvalue weighted by atomic mass is 19.1. The number of hydrogen-bond donors (Lipinski definition) is 2. The number of hydrogen-bond acceptors (Lipinski definition) is 2. The van der Waals surface area contributed by atoms with Crippen molar-refractivity contribution in [2.24, 2.45) is 0 Å². The largest absolute Gasteiger partial charge is 0.358 e. The van der Waals surface area contributed by atoms with Gasteiger partial charge in [-0.1, -0.05) is 12.1 Å². The summed E-state index contributed by atoms with van der Waals surface area (Å²) in [5, 5.41) is 2.47. The van der Waals surface area contributed by atoms with Crippen LogP contribution in [-0.4, -0.2) is 50.9 Å². The number of amides is 2. The summed E-state index contributed by atoms with van der Waals surface area (Å²) in [6.45, 7) is 0.851. The average molecular weight is 282 g/mol. The van der Waals surface area contributed by atoms with Gasteiger partial charge in [-0.3, -0.25) is 9.59 Å². The zero-order valence-electron chi connectivity index (χ0n) is 12.1. The number of rotatable bonds is 6. The summed E-state index contributed by atoms with van der Waals surface area (Å²) in [6.07, 6.45) is 0. The molecule has 20 heavy (non-hydrogen) atoms. The molecule has 0 aliphatic carbocycles. The first kappa shape index (κ1) is 16.1. The van der Waals surface area contributed by atoms with E-state index in [1.54, 1.807) is 13.1 Å². The predicted octanol–water partition coefficient (Wildman–Crippen LogP) is -0.955. The third kappa shape index (κ3) is 5.36. The fraction of sp³-hybridized carbons (Fsp3) is 0.429. The van der Waals surface area contributed by atoms with Crippen molar-refractivity contribution < 1.29 is 18.9 Å². The molecule has 0 aromatic heterocycles. The molecule has 0 saturated heterocycles. The summed E-state index contributed by atoms with van der Waals surface area (Å²) >= 11 is 0. The number of halogens is 1. The Morgan fingerprint density at radius 3 is 2.70 bits per heavy atom. The Morgan fingerprint density at radius 2 is 2.10 bits per heavy atom. The van der Waals surface area contributed by atoms with E-state index >= 15 is 0 Å². The van der Waals surface area contributed by atoms with E-state index in [2.05, 4.69) is 5.32 Å². The van der Waals surface area contributed by atoms with E-state index in [-0.39, 0.29) is 30.7 Å². The van der Waals surface area contributed by atoms with Crippen molar-refractivity contribution in [1.82, 2.24) is 10.2 Å². The van der Waals surface area contributed by atoms with Crippen LogP contribution in [0.2, 0.25) is 0 Å². The van der Waals surface area contributed by atoms with E-state index in [1.165, 1.54) is 24.1 Å². The zero-order valence-corrected chi connectivity index (χ0v) is 12.1. The van der Waals surface area contributed by atoms with Crippen molar-refractivity contribution in [3.63, 3.8) is 0 Å². The lowest BCUT2D eigenvalue weighted by atomic mass is 10.2. The lowest BCUT2D eigenvalue weighted by Crippen LogP contribution is -3.08. The second-order valence-corrected chi connectivity index (χ2v) is 4.86. The minimum atomic E-state index is -0.279. The standard InChI is InChI=1S/C14H20FN3O2/c1-16-13(19)9-18(3)14(20)10-17(2)8-11-5-4-6-12(15)7-11/h4-7H,8-10H2,1-3H3,(H,16,19)/p+1. The van der Waals surface area contributed by atoms with Crippen molar-refractivity contribution >= 4 is 11.8 Å². The molecular weight excluding hydrogens is 261 g/mol. The Balaban J connectivity index is 2.47. The second-order valence-electron chi connectivity index (χ2n) is 4.86. The fourth-order valence-corrected chi connectivity index (χ4v) is 1.83. The van der Waals surface area contributed by atoms with Crippen molar-refractivity contribution in [2.45, 2.75) is 6.54 Å². The molecule has 1 rings (SSSR count). The van der Waals surface area contributed by atoms with Crippen LogP contribution in [0.4, 0.5) is 4.39 Å². The van der Waals surface area contributed by atoms with Gasteiger partial charge in [-0.05, 0) is 12.1 Å². The van der Waals surface area contributed by atoms with E-state index < -0.39 is 0 Å². The first-order valence-electron chi connectivity index (χ1n) is 6.42. The molecule has 1 unspecified atom stereocenters. The lowest BCUT2D eigenvalue weighted by Gasteiger charge is -2.19. The molecule has 1 aromatic carbocycles. The molecule has 1 aromatic rings. The maximum absolute atomic E-state index is 13.1. The Bertz CT molecular complexity index is 479. The molecule has 0 fully saturated rings. The van der Waals surface area contributed by atoms with Crippen molar-refractivity contribution in [3.05, 3.63) is 35.6 Å². The van der Waals surface area contributed by atoms with Crippen LogP contribution in [0.3, 0.4) is 0 Å². The SMILES string of the molecule is CNC(=O)CN(C)C(=O)C[NH+](C)Cc1cccc(F)c1. The molecule has 0 aliphatic rings.